The number of likely N-dealkylation sites (N-methyl/N-ethyl adjacent to an activating group) is 1. The molecule has 5 aliphatic carbocycles. The van der Waals surface area contributed by atoms with Gasteiger partial charge in [0.2, 0.25) is 0 Å². The van der Waals surface area contributed by atoms with Gasteiger partial charge >= 0.3 is 11.9 Å². The number of hydrogen-bond donors (Lipinski definition) is 8. The van der Waals surface area contributed by atoms with Crippen molar-refractivity contribution in [3.05, 3.63) is 99.1 Å². The van der Waals surface area contributed by atoms with E-state index in [0.717, 1.165) is 94.6 Å². The van der Waals surface area contributed by atoms with Crippen molar-refractivity contribution in [1.82, 2.24) is 5.32 Å². The van der Waals surface area contributed by atoms with Gasteiger partial charge in [0.25, 0.3) is 0 Å². The maximum Gasteiger partial charge on any atom is 0.334 e. The molecule has 5 saturated carbocycles. The fourth-order valence-electron chi connectivity index (χ4n) is 17.3. The van der Waals surface area contributed by atoms with Crippen LogP contribution in [-0.4, -0.2) is 110 Å². The van der Waals surface area contributed by atoms with Crippen molar-refractivity contribution in [2.24, 2.45) is 35.5 Å². The number of nitrogens with one attached hydrogen (secondary N) is 2. The fourth-order valence-corrected chi connectivity index (χ4v) is 17.3. The monoisotopic (exact) mass is 1140 g/mol. The molecule has 16 unspecified atom stereocenters. The number of phenols is 1. The van der Waals surface area contributed by atoms with E-state index in [0.29, 0.717) is 70.9 Å². The molecule has 83 heavy (non-hydrogen) atoms. The molecule has 1 saturated heterocycles. The van der Waals surface area contributed by atoms with Crippen molar-refractivity contribution in [1.29, 1.82) is 0 Å². The van der Waals surface area contributed by atoms with Crippen LogP contribution in [0.3, 0.4) is 0 Å². The van der Waals surface area contributed by atoms with Gasteiger partial charge in [-0.1, -0.05) is 93.5 Å². The molecule has 6 fully saturated rings. The first-order chi connectivity index (χ1) is 40.0. The second-order valence-corrected chi connectivity index (χ2v) is 27.0. The van der Waals surface area contributed by atoms with Gasteiger partial charge in [0, 0.05) is 66.6 Å². The number of aromatic hydroxyl groups is 1. The second-order valence-electron chi connectivity index (χ2n) is 27.0. The number of phenolic OH excluding ortho intramolecular Hbond substituents is 1. The molecule has 9 aliphatic rings. The zero-order valence-corrected chi connectivity index (χ0v) is 48.7. The van der Waals surface area contributed by atoms with Crippen LogP contribution in [0.5, 0.6) is 11.5 Å². The van der Waals surface area contributed by atoms with Crippen molar-refractivity contribution in [2.75, 3.05) is 25.5 Å². The summed E-state index contributed by atoms with van der Waals surface area (Å²) >= 11 is 0. The molecule has 0 aromatic heterocycles. The first kappa shape index (κ1) is 58.3. The third kappa shape index (κ3) is 11.8. The maximum absolute atomic E-state index is 15.9. The molecule has 14 nitrogen and oxygen atoms in total. The number of aliphatic hydroxyl groups excluding tert-OH is 3. The van der Waals surface area contributed by atoms with Gasteiger partial charge in [-0.25, -0.2) is 4.79 Å². The molecule has 446 valence electrons. The number of anilines is 1. The first-order valence-electron chi connectivity index (χ1n) is 31.8. The number of esters is 2. The zero-order chi connectivity index (χ0) is 57.7. The number of Topliss-reactive ketones (excluding diaryl/α,β-unsaturated/α-hetero) is 1. The molecule has 16 atom stereocenters. The molecule has 12 rings (SSSR count). The summed E-state index contributed by atoms with van der Waals surface area (Å²) in [6.45, 7) is 1.73. The Kier molecular flexibility index (Phi) is 17.1. The predicted molar refractivity (Wildman–Crippen MR) is 314 cm³/mol. The van der Waals surface area contributed by atoms with Crippen molar-refractivity contribution in [3.63, 3.8) is 0 Å². The van der Waals surface area contributed by atoms with Gasteiger partial charge < -0.3 is 55.5 Å². The van der Waals surface area contributed by atoms with E-state index in [9.17, 15) is 40.2 Å². The van der Waals surface area contributed by atoms with E-state index in [4.69, 9.17) is 14.2 Å². The average Bonchev–Trinajstić information content (AvgIpc) is 1.92. The van der Waals surface area contributed by atoms with E-state index in [1.54, 1.807) is 26.1 Å². The third-order valence-corrected chi connectivity index (χ3v) is 21.6. The molecule has 4 heterocycles. The molecule has 0 radical (unpaired) electrons. The Bertz CT molecular complexity index is 3010. The number of carbonyl (C=O) groups is 3. The molecular formula is C69H88N2O12. The van der Waals surface area contributed by atoms with E-state index in [-0.39, 0.29) is 98.0 Å². The van der Waals surface area contributed by atoms with Crippen LogP contribution in [0.1, 0.15) is 198 Å². The summed E-state index contributed by atoms with van der Waals surface area (Å²) in [5.74, 6) is 3.94. The lowest BCUT2D eigenvalue weighted by Gasteiger charge is -2.59. The van der Waals surface area contributed by atoms with Crippen molar-refractivity contribution < 1.29 is 59.2 Å². The zero-order valence-electron chi connectivity index (χ0n) is 48.7. The SMILES string of the molecule is CNCC(O)c1cc(NCC(C)(O)C(O)C2CCC3CCCCC3O2)cc(C2C#CC3CC(=O)Oc4c3cc(c(O)c4C3CCCCC3)CC3OC(=O)C(=CC(O)Cc4cccc(c4)CC4C(=O)CCC5C4CC4CCCCC4C35O)C2)c1. The lowest BCUT2D eigenvalue weighted by Crippen LogP contribution is -2.65. The highest BCUT2D eigenvalue weighted by atomic mass is 16.6. The molecule has 10 bridgehead atoms. The number of rotatable bonds is 10. The fraction of sp³-hybridized carbons (Fsp3) is 0.638. The molecule has 14 heteroatoms. The lowest BCUT2D eigenvalue weighted by molar-refractivity contribution is -0.228. The van der Waals surface area contributed by atoms with Gasteiger partial charge in [-0.2, -0.15) is 0 Å². The standard InChI is InChI=1S/C69H88N2O12/c1-68(79,66(77)60-24-21-41-13-7-9-18-59(41)81-60)38-71-50-30-46(29-47(31-50)58(74)37-70-2)43-19-20-44-36-62(75)83-65-52(44)34-48(64(76)63(65)42-14-4-3-5-15-42)35-61-69(80)55-17-8-6-16-45(55)33-53-54(57(73)23-22-56(53)69)27-40-12-10-11-39(25-40)26-51(72)32-49(28-43)67(78)82-61/h10-12,25,29-32,34,41-45,51,53-56,58-61,66,70-72,74,76-77,79-80H,3-9,13-18,21-24,26-28,33,35-38H2,1-2H3. The molecule has 0 amide bonds. The smallest absolute Gasteiger partial charge is 0.334 e. The summed E-state index contributed by atoms with van der Waals surface area (Å²) in [5.41, 5.74) is 1.99. The Hall–Kier alpha value is -5.11. The summed E-state index contributed by atoms with van der Waals surface area (Å²) < 4.78 is 19.8. The van der Waals surface area contributed by atoms with E-state index in [1.165, 1.54) is 6.42 Å². The largest absolute Gasteiger partial charge is 0.507 e. The Morgan fingerprint density at radius 1 is 0.795 bits per heavy atom. The van der Waals surface area contributed by atoms with Gasteiger partial charge in [-0.05, 0) is 172 Å². The van der Waals surface area contributed by atoms with Gasteiger partial charge in [0.15, 0.2) is 0 Å². The van der Waals surface area contributed by atoms with Crippen LogP contribution in [0.15, 0.2) is 60.2 Å². The number of aliphatic hydroxyl groups is 5. The first-order valence-corrected chi connectivity index (χ1v) is 31.8. The summed E-state index contributed by atoms with van der Waals surface area (Å²) in [4.78, 5) is 44.3. The van der Waals surface area contributed by atoms with Crippen LogP contribution in [0.4, 0.5) is 5.69 Å². The number of ketones is 1. The third-order valence-electron chi connectivity index (χ3n) is 21.6. The minimum atomic E-state index is -1.64. The summed E-state index contributed by atoms with van der Waals surface area (Å²) in [6, 6.07) is 15.4. The van der Waals surface area contributed by atoms with E-state index >= 15 is 4.79 Å². The second kappa shape index (κ2) is 24.3. The Morgan fingerprint density at radius 3 is 2.35 bits per heavy atom. The van der Waals surface area contributed by atoms with E-state index in [1.807, 2.05) is 36.4 Å². The molecular weight excluding hydrogens is 1050 g/mol. The minimum absolute atomic E-state index is 0.0253. The summed E-state index contributed by atoms with van der Waals surface area (Å²) in [5, 5.41) is 81.6. The highest BCUT2D eigenvalue weighted by Crippen LogP contribution is 2.59. The Balaban J connectivity index is 1.01. The Morgan fingerprint density at radius 2 is 1.54 bits per heavy atom. The van der Waals surface area contributed by atoms with Crippen LogP contribution < -0.4 is 15.4 Å². The van der Waals surface area contributed by atoms with Crippen molar-refractivity contribution >= 4 is 23.4 Å². The normalized spacial score (nSPS) is 34.3. The quantitative estimate of drug-likeness (QED) is 0.0539. The molecule has 8 N–H and O–H groups in total. The van der Waals surface area contributed by atoms with Crippen LogP contribution in [0.2, 0.25) is 0 Å². The van der Waals surface area contributed by atoms with Crippen LogP contribution in [0, 0.1) is 47.3 Å². The van der Waals surface area contributed by atoms with Gasteiger partial charge in [0.05, 0.1) is 36.8 Å². The van der Waals surface area contributed by atoms with E-state index in [2.05, 4.69) is 28.5 Å². The molecule has 4 aliphatic heterocycles. The lowest BCUT2D eigenvalue weighted by atomic mass is 9.48. The number of hydrogen-bond acceptors (Lipinski definition) is 14. The van der Waals surface area contributed by atoms with E-state index < -0.39 is 71.4 Å². The predicted octanol–water partition coefficient (Wildman–Crippen LogP) is 9.23. The van der Waals surface area contributed by atoms with Gasteiger partial charge in [-0.3, -0.25) is 9.59 Å². The number of benzene rings is 3. The Labute approximate surface area is 489 Å². The van der Waals surface area contributed by atoms with Crippen molar-refractivity contribution in [2.45, 2.75) is 220 Å². The topological polar surface area (TPSA) is 224 Å². The molecule has 3 aromatic carbocycles. The van der Waals surface area contributed by atoms with Crippen LogP contribution in [-0.2, 0) is 43.1 Å². The average molecular weight is 1140 g/mol. The number of fused-ring (bicyclic) bond motifs is 10. The molecule has 3 aromatic rings. The van der Waals surface area contributed by atoms with Gasteiger partial charge in [-0.15, -0.1) is 0 Å². The van der Waals surface area contributed by atoms with Gasteiger partial charge in [0.1, 0.15) is 40.7 Å². The van der Waals surface area contributed by atoms with Crippen molar-refractivity contribution in [3.8, 4) is 23.3 Å². The minimum Gasteiger partial charge on any atom is -0.507 e. The van der Waals surface area contributed by atoms with Crippen LogP contribution in [0.25, 0.3) is 0 Å². The maximum atomic E-state index is 15.9. The highest BCUT2D eigenvalue weighted by molar-refractivity contribution is 5.89. The van der Waals surface area contributed by atoms with Crippen LogP contribution >= 0.6 is 0 Å². The number of carbonyl (C=O) groups excluding carboxylic acids is 3. The molecule has 0 spiro atoms. The summed E-state index contributed by atoms with van der Waals surface area (Å²) in [6.07, 6.45) is 12.3. The number of ether oxygens (including phenoxy) is 3. The summed E-state index contributed by atoms with van der Waals surface area (Å²) in [7, 11) is 1.75. The highest BCUT2D eigenvalue weighted by Gasteiger charge is 2.62.